The van der Waals surface area contributed by atoms with Crippen molar-refractivity contribution in [3.8, 4) is 11.5 Å². The summed E-state index contributed by atoms with van der Waals surface area (Å²) in [5, 5.41) is 4.66. The van der Waals surface area contributed by atoms with E-state index in [1.807, 2.05) is 0 Å². The Bertz CT molecular complexity index is 1020. The summed E-state index contributed by atoms with van der Waals surface area (Å²) in [5.74, 6) is 0.288. The molecule has 3 aromatic rings. The molecule has 0 aliphatic rings. The van der Waals surface area contributed by atoms with Gasteiger partial charge in [0.15, 0.2) is 17.3 Å². The zero-order valence-corrected chi connectivity index (χ0v) is 16.5. The summed E-state index contributed by atoms with van der Waals surface area (Å²) < 4.78 is 15.5. The molecule has 0 amide bonds. The van der Waals surface area contributed by atoms with E-state index < -0.39 is 5.97 Å². The van der Waals surface area contributed by atoms with E-state index in [9.17, 15) is 4.79 Å². The summed E-state index contributed by atoms with van der Waals surface area (Å²) in [5.41, 5.74) is 3.34. The highest BCUT2D eigenvalue weighted by molar-refractivity contribution is 6.42. The minimum atomic E-state index is -0.633. The molecule has 0 saturated heterocycles. The molecule has 0 fully saturated rings. The molecule has 0 radical (unpaired) electrons. The monoisotopic (exact) mass is 439 g/mol. The standard InChI is InChI=1S/C18H12Cl3N3O4/c1-26-15-7-10(4-5-13(15)28-18(25)14-3-2-6-27-14)9-22-24-17-12(20)8-11(19)16(21)23-17/h2-9H,1H3,(H,23,24). The van der Waals surface area contributed by atoms with Gasteiger partial charge in [0.25, 0.3) is 0 Å². The van der Waals surface area contributed by atoms with E-state index in [-0.39, 0.29) is 32.5 Å². The molecule has 0 aliphatic heterocycles. The number of rotatable bonds is 6. The van der Waals surface area contributed by atoms with Crippen molar-refractivity contribution in [1.29, 1.82) is 0 Å². The first kappa shape index (κ1) is 20.0. The van der Waals surface area contributed by atoms with E-state index >= 15 is 0 Å². The van der Waals surface area contributed by atoms with Crippen molar-refractivity contribution in [2.45, 2.75) is 0 Å². The van der Waals surface area contributed by atoms with Crippen molar-refractivity contribution < 1.29 is 18.7 Å². The lowest BCUT2D eigenvalue weighted by molar-refractivity contribution is 0.0696. The number of hydrogen-bond donors (Lipinski definition) is 1. The maximum Gasteiger partial charge on any atom is 0.379 e. The van der Waals surface area contributed by atoms with Gasteiger partial charge >= 0.3 is 5.97 Å². The highest BCUT2D eigenvalue weighted by atomic mass is 35.5. The van der Waals surface area contributed by atoms with E-state index in [0.717, 1.165) is 0 Å². The Morgan fingerprint density at radius 1 is 1.18 bits per heavy atom. The second-order valence-corrected chi connectivity index (χ2v) is 6.41. The molecule has 0 bridgehead atoms. The van der Waals surface area contributed by atoms with Crippen LogP contribution in [0.5, 0.6) is 11.5 Å². The number of anilines is 1. The van der Waals surface area contributed by atoms with Crippen LogP contribution in [-0.4, -0.2) is 24.3 Å². The molecule has 0 atom stereocenters. The first-order chi connectivity index (χ1) is 13.5. The van der Waals surface area contributed by atoms with Gasteiger partial charge in [-0.2, -0.15) is 5.10 Å². The SMILES string of the molecule is COc1cc(C=NNc2nc(Cl)c(Cl)cc2Cl)ccc1OC(=O)c1ccco1. The van der Waals surface area contributed by atoms with E-state index in [0.29, 0.717) is 11.3 Å². The number of benzene rings is 1. The summed E-state index contributed by atoms with van der Waals surface area (Å²) in [6, 6.07) is 9.45. The van der Waals surface area contributed by atoms with Gasteiger partial charge in [0, 0.05) is 0 Å². The fourth-order valence-corrected chi connectivity index (χ4v) is 2.62. The van der Waals surface area contributed by atoms with E-state index in [4.69, 9.17) is 48.7 Å². The average Bonchev–Trinajstić information content (AvgIpc) is 3.21. The van der Waals surface area contributed by atoms with Crippen LogP contribution in [0, 0.1) is 0 Å². The molecule has 2 heterocycles. The third-order valence-electron chi connectivity index (χ3n) is 3.38. The predicted molar refractivity (Wildman–Crippen MR) is 107 cm³/mol. The quantitative estimate of drug-likeness (QED) is 0.184. The number of carbonyl (C=O) groups excluding carboxylic acids is 1. The molecule has 10 heteroatoms. The van der Waals surface area contributed by atoms with Crippen LogP contribution in [0.3, 0.4) is 0 Å². The number of hydrogen-bond acceptors (Lipinski definition) is 7. The number of pyridine rings is 1. The number of halogens is 3. The smallest absolute Gasteiger partial charge is 0.379 e. The van der Waals surface area contributed by atoms with Crippen LogP contribution in [0.25, 0.3) is 0 Å². The van der Waals surface area contributed by atoms with Crippen molar-refractivity contribution in [1.82, 2.24) is 4.98 Å². The molecule has 0 aliphatic carbocycles. The molecular weight excluding hydrogens is 429 g/mol. The van der Waals surface area contributed by atoms with Crippen LogP contribution in [0.2, 0.25) is 15.2 Å². The largest absolute Gasteiger partial charge is 0.493 e. The number of nitrogens with zero attached hydrogens (tertiary/aromatic N) is 2. The van der Waals surface area contributed by atoms with Gasteiger partial charge in [0.05, 0.1) is 29.6 Å². The summed E-state index contributed by atoms with van der Waals surface area (Å²) in [4.78, 5) is 16.0. The fraction of sp³-hybridized carbons (Fsp3) is 0.0556. The summed E-state index contributed by atoms with van der Waals surface area (Å²) in [6.45, 7) is 0. The second kappa shape index (κ2) is 8.97. The average molecular weight is 441 g/mol. The number of esters is 1. The molecule has 0 unspecified atom stereocenters. The van der Waals surface area contributed by atoms with E-state index in [1.54, 1.807) is 24.3 Å². The van der Waals surface area contributed by atoms with Gasteiger partial charge in [0.1, 0.15) is 5.15 Å². The molecule has 0 saturated carbocycles. The number of aromatic nitrogens is 1. The van der Waals surface area contributed by atoms with Gasteiger partial charge in [-0.25, -0.2) is 9.78 Å². The molecule has 1 N–H and O–H groups in total. The Hall–Kier alpha value is -2.74. The Labute approximate surface area is 174 Å². The minimum absolute atomic E-state index is 0.0860. The van der Waals surface area contributed by atoms with Crippen molar-refractivity contribution >= 4 is 52.8 Å². The zero-order valence-electron chi connectivity index (χ0n) is 14.3. The first-order valence-electron chi connectivity index (χ1n) is 7.72. The molecule has 0 spiro atoms. The van der Waals surface area contributed by atoms with Crippen molar-refractivity contribution in [3.63, 3.8) is 0 Å². The van der Waals surface area contributed by atoms with Gasteiger partial charge in [0.2, 0.25) is 5.76 Å². The molecule has 28 heavy (non-hydrogen) atoms. The third-order valence-corrected chi connectivity index (χ3v) is 4.34. The maximum atomic E-state index is 12.0. The summed E-state index contributed by atoms with van der Waals surface area (Å²) in [6.07, 6.45) is 2.89. The number of nitrogens with one attached hydrogen (secondary N) is 1. The second-order valence-electron chi connectivity index (χ2n) is 5.24. The molecule has 2 aromatic heterocycles. The number of carbonyl (C=O) groups is 1. The van der Waals surface area contributed by atoms with E-state index in [1.165, 1.54) is 31.7 Å². The Morgan fingerprint density at radius 3 is 2.71 bits per heavy atom. The van der Waals surface area contributed by atoms with Crippen molar-refractivity contribution in [2.75, 3.05) is 12.5 Å². The summed E-state index contributed by atoms with van der Waals surface area (Å²) >= 11 is 17.7. The summed E-state index contributed by atoms with van der Waals surface area (Å²) in [7, 11) is 1.46. The number of hydrazone groups is 1. The maximum absolute atomic E-state index is 12.0. The zero-order chi connectivity index (χ0) is 20.1. The van der Waals surface area contributed by atoms with Gasteiger partial charge in [-0.05, 0) is 42.0 Å². The molecule has 1 aromatic carbocycles. The Balaban J connectivity index is 1.72. The van der Waals surface area contributed by atoms with Gasteiger partial charge in [-0.1, -0.05) is 34.8 Å². The van der Waals surface area contributed by atoms with Crippen molar-refractivity contribution in [3.05, 3.63) is 69.2 Å². The fourth-order valence-electron chi connectivity index (χ4n) is 2.08. The number of methoxy groups -OCH3 is 1. The molecular formula is C18H12Cl3N3O4. The van der Waals surface area contributed by atoms with Crippen LogP contribution in [0.15, 0.2) is 52.2 Å². The molecule has 3 rings (SSSR count). The topological polar surface area (TPSA) is 86.0 Å². The third kappa shape index (κ3) is 4.75. The number of furan rings is 1. The van der Waals surface area contributed by atoms with E-state index in [2.05, 4.69) is 15.5 Å². The Morgan fingerprint density at radius 2 is 2.00 bits per heavy atom. The Kier molecular flexibility index (Phi) is 6.41. The van der Waals surface area contributed by atoms with Gasteiger partial charge in [-0.15, -0.1) is 0 Å². The van der Waals surface area contributed by atoms with Crippen LogP contribution in [0.1, 0.15) is 16.1 Å². The van der Waals surface area contributed by atoms with Crippen LogP contribution in [0.4, 0.5) is 5.82 Å². The predicted octanol–water partition coefficient (Wildman–Crippen LogP) is 5.31. The minimum Gasteiger partial charge on any atom is -0.493 e. The molecule has 7 nitrogen and oxygen atoms in total. The van der Waals surface area contributed by atoms with Crippen LogP contribution < -0.4 is 14.9 Å². The van der Waals surface area contributed by atoms with Crippen LogP contribution in [-0.2, 0) is 0 Å². The number of ether oxygens (including phenoxy) is 2. The lowest BCUT2D eigenvalue weighted by Gasteiger charge is -2.09. The lowest BCUT2D eigenvalue weighted by Crippen LogP contribution is -2.08. The van der Waals surface area contributed by atoms with Crippen LogP contribution >= 0.6 is 34.8 Å². The first-order valence-corrected chi connectivity index (χ1v) is 8.85. The highest BCUT2D eigenvalue weighted by Crippen LogP contribution is 2.30. The lowest BCUT2D eigenvalue weighted by atomic mass is 10.2. The molecule has 144 valence electrons. The van der Waals surface area contributed by atoms with Crippen molar-refractivity contribution in [2.24, 2.45) is 5.10 Å². The van der Waals surface area contributed by atoms with Gasteiger partial charge in [-0.3, -0.25) is 5.43 Å². The van der Waals surface area contributed by atoms with Gasteiger partial charge < -0.3 is 13.9 Å². The normalized spacial score (nSPS) is 10.9. The highest BCUT2D eigenvalue weighted by Gasteiger charge is 2.15.